The molecular weight excluding hydrogens is 333 g/mol. The summed E-state index contributed by atoms with van der Waals surface area (Å²) < 4.78 is 20.5. The van der Waals surface area contributed by atoms with Gasteiger partial charge >= 0.3 is 0 Å². The van der Waals surface area contributed by atoms with Crippen molar-refractivity contribution in [2.24, 2.45) is 5.73 Å². The summed E-state index contributed by atoms with van der Waals surface area (Å²) in [5.41, 5.74) is 7.37. The summed E-state index contributed by atoms with van der Waals surface area (Å²) >= 11 is 3.23. The van der Waals surface area contributed by atoms with E-state index in [2.05, 4.69) is 29.8 Å². The fourth-order valence-electron chi connectivity index (χ4n) is 2.13. The third-order valence-electron chi connectivity index (χ3n) is 3.63. The second-order valence-electron chi connectivity index (χ2n) is 5.00. The summed E-state index contributed by atoms with van der Waals surface area (Å²) in [5, 5.41) is 0. The van der Waals surface area contributed by atoms with E-state index in [0.29, 0.717) is 16.1 Å². The Morgan fingerprint density at radius 1 is 1.19 bits per heavy atom. The summed E-state index contributed by atoms with van der Waals surface area (Å²) in [4.78, 5) is 0. The molecule has 112 valence electrons. The first-order valence-electron chi connectivity index (χ1n) is 7.02. The number of hydrogen-bond acceptors (Lipinski definition) is 2. The fourth-order valence-corrected chi connectivity index (χ4v) is 2.62. The number of benzene rings is 2. The van der Waals surface area contributed by atoms with E-state index in [1.54, 1.807) is 12.1 Å². The summed E-state index contributed by atoms with van der Waals surface area (Å²) in [6, 6.07) is 11.1. The molecule has 2 rings (SSSR count). The largest absolute Gasteiger partial charge is 0.454 e. The Hall–Kier alpha value is -1.39. The molecule has 0 radical (unpaired) electrons. The molecule has 2 nitrogen and oxygen atoms in total. The van der Waals surface area contributed by atoms with Crippen molar-refractivity contribution in [3.63, 3.8) is 0 Å². The van der Waals surface area contributed by atoms with Gasteiger partial charge in [0.05, 0.1) is 4.47 Å². The lowest BCUT2D eigenvalue weighted by Gasteiger charge is -2.16. The van der Waals surface area contributed by atoms with Crippen LogP contribution in [0.4, 0.5) is 4.39 Å². The third-order valence-corrected chi connectivity index (χ3v) is 4.49. The molecule has 1 unspecified atom stereocenters. The van der Waals surface area contributed by atoms with Gasteiger partial charge in [-0.25, -0.2) is 4.39 Å². The van der Waals surface area contributed by atoms with Crippen LogP contribution in [0.1, 0.15) is 37.3 Å². The van der Waals surface area contributed by atoms with Crippen LogP contribution < -0.4 is 10.5 Å². The SMILES string of the molecule is CCC(C)c1ccccc1Oc1ccc(CN)c(Br)c1F. The highest BCUT2D eigenvalue weighted by atomic mass is 79.9. The van der Waals surface area contributed by atoms with Gasteiger partial charge < -0.3 is 10.5 Å². The second-order valence-corrected chi connectivity index (χ2v) is 5.80. The van der Waals surface area contributed by atoms with E-state index in [9.17, 15) is 4.39 Å². The quantitative estimate of drug-likeness (QED) is 0.787. The van der Waals surface area contributed by atoms with Crippen LogP contribution in [-0.4, -0.2) is 0 Å². The molecular formula is C17H19BrFNO. The molecule has 0 bridgehead atoms. The number of ether oxygens (including phenoxy) is 1. The van der Waals surface area contributed by atoms with Crippen LogP contribution in [0.2, 0.25) is 0 Å². The summed E-state index contributed by atoms with van der Waals surface area (Å²) in [6.07, 6.45) is 0.999. The molecule has 2 N–H and O–H groups in total. The van der Waals surface area contributed by atoms with Crippen LogP contribution in [0.3, 0.4) is 0 Å². The van der Waals surface area contributed by atoms with Crippen molar-refractivity contribution in [3.05, 3.63) is 57.8 Å². The Morgan fingerprint density at radius 3 is 2.57 bits per heavy atom. The zero-order valence-electron chi connectivity index (χ0n) is 12.2. The lowest BCUT2D eigenvalue weighted by atomic mass is 9.98. The first-order chi connectivity index (χ1) is 10.1. The lowest BCUT2D eigenvalue weighted by molar-refractivity contribution is 0.431. The van der Waals surface area contributed by atoms with Crippen molar-refractivity contribution in [1.29, 1.82) is 0 Å². The standard InChI is InChI=1S/C17H19BrFNO/c1-3-11(2)13-6-4-5-7-14(13)21-15-9-8-12(10-20)16(18)17(15)19/h4-9,11H,3,10,20H2,1-2H3. The van der Waals surface area contributed by atoms with E-state index in [0.717, 1.165) is 17.5 Å². The molecule has 2 aromatic rings. The van der Waals surface area contributed by atoms with Gasteiger partial charge in [-0.2, -0.15) is 0 Å². The van der Waals surface area contributed by atoms with Crippen molar-refractivity contribution in [1.82, 2.24) is 0 Å². The van der Waals surface area contributed by atoms with Gasteiger partial charge in [-0.1, -0.05) is 38.1 Å². The van der Waals surface area contributed by atoms with Gasteiger partial charge in [-0.05, 0) is 51.5 Å². The van der Waals surface area contributed by atoms with Gasteiger partial charge in [0.2, 0.25) is 0 Å². The summed E-state index contributed by atoms with van der Waals surface area (Å²) in [7, 11) is 0. The maximum absolute atomic E-state index is 14.3. The van der Waals surface area contributed by atoms with Gasteiger partial charge in [0.25, 0.3) is 0 Å². The molecule has 21 heavy (non-hydrogen) atoms. The minimum atomic E-state index is -0.420. The van der Waals surface area contributed by atoms with Gasteiger partial charge in [0, 0.05) is 6.54 Å². The van der Waals surface area contributed by atoms with Crippen molar-refractivity contribution in [3.8, 4) is 11.5 Å². The maximum Gasteiger partial charge on any atom is 0.180 e. The Kier molecular flexibility index (Phi) is 5.37. The molecule has 0 aliphatic heterocycles. The molecule has 0 fully saturated rings. The molecule has 0 heterocycles. The van der Waals surface area contributed by atoms with Gasteiger partial charge in [-0.15, -0.1) is 0 Å². The predicted molar refractivity (Wildman–Crippen MR) is 87.2 cm³/mol. The van der Waals surface area contributed by atoms with Crippen molar-refractivity contribution in [2.45, 2.75) is 32.7 Å². The molecule has 0 aromatic heterocycles. The third kappa shape index (κ3) is 3.44. The van der Waals surface area contributed by atoms with Gasteiger partial charge in [0.1, 0.15) is 5.75 Å². The Balaban J connectivity index is 2.37. The first kappa shape index (κ1) is 16.0. The van der Waals surface area contributed by atoms with Crippen LogP contribution in [0.15, 0.2) is 40.9 Å². The smallest absolute Gasteiger partial charge is 0.180 e. The number of rotatable bonds is 5. The minimum absolute atomic E-state index is 0.204. The first-order valence-corrected chi connectivity index (χ1v) is 7.81. The fraction of sp³-hybridized carbons (Fsp3) is 0.294. The average molecular weight is 352 g/mol. The van der Waals surface area contributed by atoms with E-state index in [1.807, 2.05) is 24.3 Å². The van der Waals surface area contributed by atoms with Crippen molar-refractivity contribution in [2.75, 3.05) is 0 Å². The average Bonchev–Trinajstić information content (AvgIpc) is 2.52. The Labute approximate surface area is 133 Å². The molecule has 0 amide bonds. The zero-order valence-corrected chi connectivity index (χ0v) is 13.8. The Bertz CT molecular complexity index is 630. The molecule has 0 aliphatic carbocycles. The summed E-state index contributed by atoms with van der Waals surface area (Å²) in [6.45, 7) is 4.53. The highest BCUT2D eigenvalue weighted by Crippen LogP contribution is 2.35. The highest BCUT2D eigenvalue weighted by Gasteiger charge is 2.15. The van der Waals surface area contributed by atoms with E-state index in [4.69, 9.17) is 10.5 Å². The normalized spacial score (nSPS) is 12.2. The number of hydrogen-bond donors (Lipinski definition) is 1. The van der Waals surface area contributed by atoms with E-state index < -0.39 is 5.82 Å². The molecule has 0 saturated heterocycles. The monoisotopic (exact) mass is 351 g/mol. The molecule has 0 aliphatic rings. The van der Waals surface area contributed by atoms with Crippen molar-refractivity contribution >= 4 is 15.9 Å². The van der Waals surface area contributed by atoms with Crippen LogP contribution in [-0.2, 0) is 6.54 Å². The molecule has 0 saturated carbocycles. The van der Waals surface area contributed by atoms with Crippen LogP contribution >= 0.6 is 15.9 Å². The van der Waals surface area contributed by atoms with E-state index in [-0.39, 0.29) is 12.3 Å². The van der Waals surface area contributed by atoms with Gasteiger partial charge in [0.15, 0.2) is 11.6 Å². The predicted octanol–water partition coefficient (Wildman–Crippen LogP) is 5.35. The molecule has 2 aromatic carbocycles. The Morgan fingerprint density at radius 2 is 1.90 bits per heavy atom. The number of para-hydroxylation sites is 1. The topological polar surface area (TPSA) is 35.2 Å². The molecule has 4 heteroatoms. The molecule has 0 spiro atoms. The summed E-state index contributed by atoms with van der Waals surface area (Å²) in [5.74, 6) is 0.834. The highest BCUT2D eigenvalue weighted by molar-refractivity contribution is 9.10. The van der Waals surface area contributed by atoms with Crippen LogP contribution in [0.5, 0.6) is 11.5 Å². The lowest BCUT2D eigenvalue weighted by Crippen LogP contribution is -2.01. The number of halogens is 2. The van der Waals surface area contributed by atoms with Gasteiger partial charge in [-0.3, -0.25) is 0 Å². The van der Waals surface area contributed by atoms with Crippen molar-refractivity contribution < 1.29 is 9.13 Å². The van der Waals surface area contributed by atoms with E-state index in [1.165, 1.54) is 0 Å². The second kappa shape index (κ2) is 7.05. The minimum Gasteiger partial charge on any atom is -0.454 e. The van der Waals surface area contributed by atoms with E-state index >= 15 is 0 Å². The number of nitrogens with two attached hydrogens (primary N) is 1. The van der Waals surface area contributed by atoms with Crippen LogP contribution in [0, 0.1) is 5.82 Å². The van der Waals surface area contributed by atoms with Crippen LogP contribution in [0.25, 0.3) is 0 Å². The zero-order chi connectivity index (χ0) is 15.4. The molecule has 1 atom stereocenters. The maximum atomic E-state index is 14.3.